The Bertz CT molecular complexity index is 750. The molecule has 0 atom stereocenters. The summed E-state index contributed by atoms with van der Waals surface area (Å²) in [7, 11) is 0. The summed E-state index contributed by atoms with van der Waals surface area (Å²) in [5.41, 5.74) is 0.419. The van der Waals surface area contributed by atoms with E-state index in [1.54, 1.807) is 11.1 Å². The summed E-state index contributed by atoms with van der Waals surface area (Å²) in [6, 6.07) is 8.07. The van der Waals surface area contributed by atoms with Gasteiger partial charge in [0.2, 0.25) is 0 Å². The summed E-state index contributed by atoms with van der Waals surface area (Å²) in [6.07, 6.45) is -1.39. The summed E-state index contributed by atoms with van der Waals surface area (Å²) in [4.78, 5) is 18.3. The number of rotatable bonds is 3. The molecular weight excluding hydrogens is 345 g/mol. The highest BCUT2D eigenvalue weighted by atomic mass is 19.4. The summed E-state index contributed by atoms with van der Waals surface area (Å²) >= 11 is 0. The number of piperidine rings is 1. The molecule has 0 spiro atoms. The van der Waals surface area contributed by atoms with Crippen molar-refractivity contribution >= 4 is 5.91 Å². The highest BCUT2D eigenvalue weighted by Crippen LogP contribution is 2.29. The van der Waals surface area contributed by atoms with Crippen LogP contribution in [0.5, 0.6) is 5.75 Å². The zero-order valence-electron chi connectivity index (χ0n) is 14.3. The maximum Gasteiger partial charge on any atom is 0.416 e. The summed E-state index contributed by atoms with van der Waals surface area (Å²) in [5, 5.41) is 0. The SMILES string of the molecule is Cc1ccc(OC2CCN(C(=O)c3ccc(C(F)(F)F)cc3)CC2)cn1. The molecule has 1 fully saturated rings. The Morgan fingerprint density at radius 1 is 1.12 bits per heavy atom. The van der Waals surface area contributed by atoms with Crippen molar-refractivity contribution in [2.24, 2.45) is 0 Å². The van der Waals surface area contributed by atoms with E-state index >= 15 is 0 Å². The van der Waals surface area contributed by atoms with Gasteiger partial charge >= 0.3 is 6.18 Å². The number of aryl methyl sites for hydroxylation is 1. The average Bonchev–Trinajstić information content (AvgIpc) is 2.63. The van der Waals surface area contributed by atoms with Crippen LogP contribution in [0.1, 0.15) is 34.5 Å². The van der Waals surface area contributed by atoms with Gasteiger partial charge in [-0.1, -0.05) is 0 Å². The number of alkyl halides is 3. The molecule has 1 aliphatic rings. The lowest BCUT2D eigenvalue weighted by atomic mass is 10.1. The Morgan fingerprint density at radius 2 is 1.77 bits per heavy atom. The minimum absolute atomic E-state index is 0.00355. The minimum Gasteiger partial charge on any atom is -0.489 e. The van der Waals surface area contributed by atoms with Crippen LogP contribution in [0, 0.1) is 6.92 Å². The lowest BCUT2D eigenvalue weighted by Crippen LogP contribution is -2.41. The maximum atomic E-state index is 12.6. The number of nitrogens with zero attached hydrogens (tertiary/aromatic N) is 2. The van der Waals surface area contributed by atoms with Crippen molar-refractivity contribution in [1.29, 1.82) is 0 Å². The van der Waals surface area contributed by atoms with Crippen molar-refractivity contribution < 1.29 is 22.7 Å². The molecule has 4 nitrogen and oxygen atoms in total. The van der Waals surface area contributed by atoms with Crippen LogP contribution < -0.4 is 4.74 Å². The number of hydrogen-bond acceptors (Lipinski definition) is 3. The molecule has 1 aromatic carbocycles. The number of carbonyl (C=O) groups is 1. The second-order valence-electron chi connectivity index (χ2n) is 6.32. The van der Waals surface area contributed by atoms with E-state index in [0.29, 0.717) is 31.7 Å². The minimum atomic E-state index is -4.40. The molecule has 138 valence electrons. The highest BCUT2D eigenvalue weighted by Gasteiger charge is 2.31. The fourth-order valence-corrected chi connectivity index (χ4v) is 2.88. The Labute approximate surface area is 149 Å². The van der Waals surface area contributed by atoms with Crippen LogP contribution in [0.3, 0.4) is 0 Å². The van der Waals surface area contributed by atoms with Crippen molar-refractivity contribution in [3.05, 3.63) is 59.4 Å². The first-order valence-corrected chi connectivity index (χ1v) is 8.39. The van der Waals surface area contributed by atoms with Crippen LogP contribution >= 0.6 is 0 Å². The molecule has 1 saturated heterocycles. The third-order valence-corrected chi connectivity index (χ3v) is 4.38. The van der Waals surface area contributed by atoms with Gasteiger partial charge in [-0.3, -0.25) is 9.78 Å². The lowest BCUT2D eigenvalue weighted by molar-refractivity contribution is -0.137. The van der Waals surface area contributed by atoms with Crippen molar-refractivity contribution in [3.8, 4) is 5.75 Å². The number of amides is 1. The third-order valence-electron chi connectivity index (χ3n) is 4.38. The number of ether oxygens (including phenoxy) is 1. The van der Waals surface area contributed by atoms with Gasteiger partial charge in [0.25, 0.3) is 5.91 Å². The molecule has 7 heteroatoms. The zero-order valence-corrected chi connectivity index (χ0v) is 14.3. The first-order chi connectivity index (χ1) is 12.3. The van der Waals surface area contributed by atoms with Crippen LogP contribution in [0.2, 0.25) is 0 Å². The van der Waals surface area contributed by atoms with E-state index in [2.05, 4.69) is 4.98 Å². The molecule has 1 aromatic heterocycles. The first-order valence-electron chi connectivity index (χ1n) is 8.39. The first kappa shape index (κ1) is 18.2. The molecule has 2 aromatic rings. The fourth-order valence-electron chi connectivity index (χ4n) is 2.88. The third kappa shape index (κ3) is 4.33. The van der Waals surface area contributed by atoms with Gasteiger partial charge in [0.05, 0.1) is 11.8 Å². The van der Waals surface area contributed by atoms with Gasteiger partial charge in [0.15, 0.2) is 0 Å². The molecule has 0 aliphatic carbocycles. The molecular formula is C19H19F3N2O2. The largest absolute Gasteiger partial charge is 0.489 e. The summed E-state index contributed by atoms with van der Waals surface area (Å²) in [5.74, 6) is 0.442. The van der Waals surface area contributed by atoms with Gasteiger partial charge in [0, 0.05) is 37.2 Å². The van der Waals surface area contributed by atoms with Gasteiger partial charge in [-0.2, -0.15) is 13.2 Å². The van der Waals surface area contributed by atoms with E-state index in [-0.39, 0.29) is 17.6 Å². The van der Waals surface area contributed by atoms with Gasteiger partial charge in [-0.15, -0.1) is 0 Å². The summed E-state index contributed by atoms with van der Waals surface area (Å²) in [6.45, 7) is 2.91. The zero-order chi connectivity index (χ0) is 18.7. The highest BCUT2D eigenvalue weighted by molar-refractivity contribution is 5.94. The van der Waals surface area contributed by atoms with E-state index in [1.165, 1.54) is 12.1 Å². The maximum absolute atomic E-state index is 12.6. The van der Waals surface area contributed by atoms with Crippen molar-refractivity contribution in [2.75, 3.05) is 13.1 Å². The van der Waals surface area contributed by atoms with E-state index in [1.807, 2.05) is 19.1 Å². The van der Waals surface area contributed by atoms with E-state index in [4.69, 9.17) is 4.74 Å². The Hall–Kier alpha value is -2.57. The number of benzene rings is 1. The van der Waals surface area contributed by atoms with Gasteiger partial charge in [-0.05, 0) is 43.3 Å². The quantitative estimate of drug-likeness (QED) is 0.824. The standard InChI is InChI=1S/C19H19F3N2O2/c1-13-2-7-17(12-23-13)26-16-8-10-24(11-9-16)18(25)14-3-5-15(6-4-14)19(20,21)22/h2-7,12,16H,8-11H2,1H3. The Kier molecular flexibility index (Phi) is 5.15. The number of likely N-dealkylation sites (tertiary alicyclic amines) is 1. The van der Waals surface area contributed by atoms with E-state index in [9.17, 15) is 18.0 Å². The topological polar surface area (TPSA) is 42.4 Å². The normalized spacial score (nSPS) is 15.8. The fraction of sp³-hybridized carbons (Fsp3) is 0.368. The number of halogens is 3. The van der Waals surface area contributed by atoms with Gasteiger partial charge in [0.1, 0.15) is 11.9 Å². The van der Waals surface area contributed by atoms with Crippen LogP contribution in [0.15, 0.2) is 42.6 Å². The molecule has 1 amide bonds. The molecule has 3 rings (SSSR count). The number of carbonyl (C=O) groups excluding carboxylic acids is 1. The lowest BCUT2D eigenvalue weighted by Gasteiger charge is -2.32. The molecule has 0 radical (unpaired) electrons. The van der Waals surface area contributed by atoms with Crippen LogP contribution in [-0.4, -0.2) is 35.0 Å². The smallest absolute Gasteiger partial charge is 0.416 e. The van der Waals surface area contributed by atoms with Crippen LogP contribution in [0.4, 0.5) is 13.2 Å². The molecule has 26 heavy (non-hydrogen) atoms. The Morgan fingerprint density at radius 3 is 2.31 bits per heavy atom. The molecule has 1 aliphatic heterocycles. The Balaban J connectivity index is 1.55. The van der Waals surface area contributed by atoms with Crippen molar-refractivity contribution in [3.63, 3.8) is 0 Å². The average molecular weight is 364 g/mol. The van der Waals surface area contributed by atoms with Gasteiger partial charge in [-0.25, -0.2) is 0 Å². The van der Waals surface area contributed by atoms with Crippen LogP contribution in [-0.2, 0) is 6.18 Å². The number of pyridine rings is 1. The second kappa shape index (κ2) is 7.35. The second-order valence-corrected chi connectivity index (χ2v) is 6.32. The van der Waals surface area contributed by atoms with Gasteiger partial charge < -0.3 is 9.64 Å². The van der Waals surface area contributed by atoms with Crippen molar-refractivity contribution in [1.82, 2.24) is 9.88 Å². The van der Waals surface area contributed by atoms with Crippen LogP contribution in [0.25, 0.3) is 0 Å². The van der Waals surface area contributed by atoms with Crippen molar-refractivity contribution in [2.45, 2.75) is 32.0 Å². The molecule has 2 heterocycles. The molecule has 0 unspecified atom stereocenters. The molecule has 0 saturated carbocycles. The number of hydrogen-bond donors (Lipinski definition) is 0. The number of aromatic nitrogens is 1. The predicted octanol–water partition coefficient (Wildman–Crippen LogP) is 4.09. The summed E-state index contributed by atoms with van der Waals surface area (Å²) < 4.78 is 43.7. The molecule has 0 N–H and O–H groups in total. The predicted molar refractivity (Wildman–Crippen MR) is 90.0 cm³/mol. The monoisotopic (exact) mass is 364 g/mol. The van der Waals surface area contributed by atoms with E-state index < -0.39 is 11.7 Å². The van der Waals surface area contributed by atoms with E-state index in [0.717, 1.165) is 17.8 Å². The molecule has 0 bridgehead atoms.